The van der Waals surface area contributed by atoms with E-state index >= 15 is 0 Å². The molecule has 0 saturated carbocycles. The van der Waals surface area contributed by atoms with Crippen LogP contribution in [0.1, 0.15) is 67.2 Å². The summed E-state index contributed by atoms with van der Waals surface area (Å²) >= 11 is 0. The SMILES string of the molecule is COCC1(C(=O)OC)CCN(C(=O)OC(C)(C)C)CC1.COCC1(CO)CCN(C(=O)OC(C)(C)C)CC1. The fourth-order valence-electron chi connectivity index (χ4n) is 4.49. The average molecular weight is 547 g/mol. The third kappa shape index (κ3) is 10.6. The third-order valence-corrected chi connectivity index (χ3v) is 6.67. The first-order valence-corrected chi connectivity index (χ1v) is 13.2. The summed E-state index contributed by atoms with van der Waals surface area (Å²) in [6, 6.07) is 0. The van der Waals surface area contributed by atoms with Gasteiger partial charge in [-0.1, -0.05) is 0 Å². The van der Waals surface area contributed by atoms with Crippen LogP contribution in [0.5, 0.6) is 0 Å². The summed E-state index contributed by atoms with van der Waals surface area (Å²) in [4.78, 5) is 39.1. The summed E-state index contributed by atoms with van der Waals surface area (Å²) < 4.78 is 25.8. The molecule has 2 saturated heterocycles. The average Bonchev–Trinajstić information content (AvgIpc) is 2.83. The molecule has 11 heteroatoms. The number of carbonyl (C=O) groups excluding carboxylic acids is 3. The van der Waals surface area contributed by atoms with Gasteiger partial charge in [0.2, 0.25) is 0 Å². The van der Waals surface area contributed by atoms with Crippen molar-refractivity contribution in [3.8, 4) is 0 Å². The zero-order chi connectivity index (χ0) is 29.2. The summed E-state index contributed by atoms with van der Waals surface area (Å²) in [6.07, 6.45) is 1.92. The Kier molecular flexibility index (Phi) is 12.8. The van der Waals surface area contributed by atoms with Crippen LogP contribution in [0.4, 0.5) is 9.59 Å². The Bertz CT molecular complexity index is 757. The Hall–Kier alpha value is -2.11. The molecule has 2 rings (SSSR count). The molecule has 222 valence electrons. The van der Waals surface area contributed by atoms with Crippen LogP contribution in [-0.2, 0) is 28.5 Å². The van der Waals surface area contributed by atoms with Crippen LogP contribution in [0.25, 0.3) is 0 Å². The molecular weight excluding hydrogens is 496 g/mol. The zero-order valence-electron chi connectivity index (χ0n) is 24.9. The molecule has 0 aromatic carbocycles. The van der Waals surface area contributed by atoms with Gasteiger partial charge in [-0.3, -0.25) is 4.79 Å². The van der Waals surface area contributed by atoms with E-state index in [1.54, 1.807) is 24.0 Å². The maximum Gasteiger partial charge on any atom is 0.410 e. The number of hydrogen-bond acceptors (Lipinski definition) is 9. The number of aliphatic hydroxyl groups is 1. The summed E-state index contributed by atoms with van der Waals surface area (Å²) in [5.41, 5.74) is -1.83. The highest BCUT2D eigenvalue weighted by Gasteiger charge is 2.44. The van der Waals surface area contributed by atoms with Gasteiger partial charge in [0.1, 0.15) is 11.2 Å². The molecule has 0 spiro atoms. The molecule has 2 heterocycles. The van der Waals surface area contributed by atoms with Crippen LogP contribution in [0.3, 0.4) is 0 Å². The Labute approximate surface area is 228 Å². The first kappa shape index (κ1) is 33.9. The van der Waals surface area contributed by atoms with Gasteiger partial charge in [-0.15, -0.1) is 0 Å². The van der Waals surface area contributed by atoms with E-state index in [1.165, 1.54) is 7.11 Å². The Morgan fingerprint density at radius 3 is 1.42 bits per heavy atom. The second kappa shape index (κ2) is 14.3. The van der Waals surface area contributed by atoms with E-state index in [0.717, 1.165) is 12.8 Å². The molecule has 2 amide bonds. The number of aliphatic hydroxyl groups excluding tert-OH is 1. The maximum atomic E-state index is 12.0. The molecule has 0 aromatic rings. The minimum atomic E-state index is -0.651. The van der Waals surface area contributed by atoms with Crippen LogP contribution in [0, 0.1) is 10.8 Å². The van der Waals surface area contributed by atoms with E-state index in [-0.39, 0.29) is 30.2 Å². The van der Waals surface area contributed by atoms with E-state index in [4.69, 9.17) is 23.7 Å². The number of amides is 2. The molecule has 0 unspecified atom stereocenters. The fourth-order valence-corrected chi connectivity index (χ4v) is 4.49. The van der Waals surface area contributed by atoms with Crippen LogP contribution < -0.4 is 0 Å². The van der Waals surface area contributed by atoms with Crippen LogP contribution in [0.2, 0.25) is 0 Å². The molecule has 2 aliphatic rings. The first-order valence-electron chi connectivity index (χ1n) is 13.2. The van der Waals surface area contributed by atoms with E-state index in [0.29, 0.717) is 52.2 Å². The summed E-state index contributed by atoms with van der Waals surface area (Å²) in [5.74, 6) is -0.275. The second-order valence-corrected chi connectivity index (χ2v) is 12.2. The minimum Gasteiger partial charge on any atom is -0.469 e. The molecule has 38 heavy (non-hydrogen) atoms. The van der Waals surface area contributed by atoms with Crippen LogP contribution in [-0.4, -0.2) is 112 Å². The maximum absolute atomic E-state index is 12.0. The second-order valence-electron chi connectivity index (χ2n) is 12.2. The Morgan fingerprint density at radius 2 is 1.11 bits per heavy atom. The van der Waals surface area contributed by atoms with Crippen molar-refractivity contribution in [2.45, 2.75) is 78.4 Å². The lowest BCUT2D eigenvalue weighted by Gasteiger charge is -2.40. The number of esters is 1. The highest BCUT2D eigenvalue weighted by atomic mass is 16.6. The quantitative estimate of drug-likeness (QED) is 0.394. The smallest absolute Gasteiger partial charge is 0.410 e. The highest BCUT2D eigenvalue weighted by molar-refractivity contribution is 5.77. The minimum absolute atomic E-state index is 0.100. The van der Waals surface area contributed by atoms with Gasteiger partial charge in [-0.25, -0.2) is 9.59 Å². The number of ether oxygens (including phenoxy) is 5. The molecule has 2 aliphatic heterocycles. The molecule has 0 atom stereocenters. The highest BCUT2D eigenvalue weighted by Crippen LogP contribution is 2.34. The number of nitrogens with zero attached hydrogens (tertiary/aromatic N) is 2. The number of likely N-dealkylation sites (tertiary alicyclic amines) is 2. The van der Waals surface area contributed by atoms with Gasteiger partial charge in [-0.2, -0.15) is 0 Å². The molecule has 0 radical (unpaired) electrons. The predicted octanol–water partition coefficient (Wildman–Crippen LogP) is 3.47. The van der Waals surface area contributed by atoms with Crippen LogP contribution in [0.15, 0.2) is 0 Å². The van der Waals surface area contributed by atoms with Gasteiger partial charge < -0.3 is 38.6 Å². The molecule has 0 aromatic heterocycles. The van der Waals surface area contributed by atoms with Gasteiger partial charge in [0, 0.05) is 45.8 Å². The normalized spacial score (nSPS) is 19.1. The molecule has 0 bridgehead atoms. The fraction of sp³-hybridized carbons (Fsp3) is 0.889. The lowest BCUT2D eigenvalue weighted by molar-refractivity contribution is -0.160. The van der Waals surface area contributed by atoms with Crippen molar-refractivity contribution in [2.24, 2.45) is 10.8 Å². The topological polar surface area (TPSA) is 124 Å². The molecule has 2 fully saturated rings. The number of hydrogen-bond donors (Lipinski definition) is 1. The lowest BCUT2D eigenvalue weighted by Crippen LogP contribution is -2.50. The predicted molar refractivity (Wildman–Crippen MR) is 142 cm³/mol. The Morgan fingerprint density at radius 1 is 0.711 bits per heavy atom. The lowest BCUT2D eigenvalue weighted by atomic mass is 9.79. The van der Waals surface area contributed by atoms with E-state index in [2.05, 4.69) is 0 Å². The summed E-state index contributed by atoms with van der Waals surface area (Å²) in [5, 5.41) is 9.47. The third-order valence-electron chi connectivity index (χ3n) is 6.67. The van der Waals surface area contributed by atoms with Crippen molar-refractivity contribution < 1.29 is 43.2 Å². The molecule has 0 aliphatic carbocycles. The first-order chi connectivity index (χ1) is 17.6. The summed E-state index contributed by atoms with van der Waals surface area (Å²) in [7, 11) is 4.57. The van der Waals surface area contributed by atoms with Gasteiger partial charge in [-0.05, 0) is 67.2 Å². The van der Waals surface area contributed by atoms with Crippen molar-refractivity contribution in [2.75, 3.05) is 67.3 Å². The molecular formula is C27H50N2O9. The van der Waals surface area contributed by atoms with Crippen molar-refractivity contribution in [1.82, 2.24) is 9.80 Å². The summed E-state index contributed by atoms with van der Waals surface area (Å²) in [6.45, 7) is 14.2. The van der Waals surface area contributed by atoms with E-state index in [9.17, 15) is 19.5 Å². The van der Waals surface area contributed by atoms with Crippen molar-refractivity contribution >= 4 is 18.2 Å². The molecule has 1 N–H and O–H groups in total. The zero-order valence-corrected chi connectivity index (χ0v) is 24.9. The molecule has 11 nitrogen and oxygen atoms in total. The monoisotopic (exact) mass is 546 g/mol. The van der Waals surface area contributed by atoms with Gasteiger partial charge in [0.05, 0.1) is 32.3 Å². The largest absolute Gasteiger partial charge is 0.469 e. The van der Waals surface area contributed by atoms with Crippen molar-refractivity contribution in [3.05, 3.63) is 0 Å². The standard InChI is InChI=1S/C14H25NO5.C13H25NO4/c1-13(2,3)20-12(17)15-8-6-14(7-9-15,10-18-4)11(16)19-5;1-12(2,3)18-11(16)14-7-5-13(9-15,6-8-14)10-17-4/h6-10H2,1-5H3;15H,5-10H2,1-4H3. The van der Waals surface area contributed by atoms with Gasteiger partial charge >= 0.3 is 18.2 Å². The van der Waals surface area contributed by atoms with E-state index in [1.807, 2.05) is 41.5 Å². The Balaban J connectivity index is 0.000000382. The van der Waals surface area contributed by atoms with Gasteiger partial charge in [0.25, 0.3) is 0 Å². The van der Waals surface area contributed by atoms with Gasteiger partial charge in [0.15, 0.2) is 0 Å². The number of piperidine rings is 2. The van der Waals surface area contributed by atoms with Crippen molar-refractivity contribution in [3.63, 3.8) is 0 Å². The van der Waals surface area contributed by atoms with Crippen LogP contribution >= 0.6 is 0 Å². The number of rotatable bonds is 6. The van der Waals surface area contributed by atoms with E-state index < -0.39 is 16.6 Å². The number of carbonyl (C=O) groups is 3. The van der Waals surface area contributed by atoms with Crippen molar-refractivity contribution in [1.29, 1.82) is 0 Å². The number of methoxy groups -OCH3 is 3.